The Hall–Kier alpha value is -2.97. The lowest BCUT2D eigenvalue weighted by atomic mass is 10.1. The van der Waals surface area contributed by atoms with Gasteiger partial charge in [0.15, 0.2) is 0 Å². The zero-order chi connectivity index (χ0) is 20.2. The minimum Gasteiger partial charge on any atom is -0.444 e. The van der Waals surface area contributed by atoms with Gasteiger partial charge in [-0.2, -0.15) is 8.78 Å². The quantitative estimate of drug-likeness (QED) is 0.854. The van der Waals surface area contributed by atoms with Gasteiger partial charge >= 0.3 is 12.6 Å². The Kier molecular flexibility index (Phi) is 6.14. The summed E-state index contributed by atoms with van der Waals surface area (Å²) in [5, 5.41) is 2.55. The van der Waals surface area contributed by atoms with Crippen molar-refractivity contribution in [3.05, 3.63) is 48.0 Å². The van der Waals surface area contributed by atoms with E-state index in [1.807, 2.05) is 0 Å². The van der Waals surface area contributed by atoms with E-state index in [2.05, 4.69) is 10.3 Å². The molecule has 0 spiro atoms. The van der Waals surface area contributed by atoms with E-state index in [1.54, 1.807) is 39.0 Å². The number of alkyl halides is 2. The average molecular weight is 380 g/mol. The van der Waals surface area contributed by atoms with Crippen molar-refractivity contribution in [3.8, 4) is 0 Å². The molecule has 1 aromatic heterocycles. The lowest BCUT2D eigenvalue weighted by Crippen LogP contribution is -2.28. The van der Waals surface area contributed by atoms with Crippen LogP contribution < -0.4 is 5.32 Å². The summed E-state index contributed by atoms with van der Waals surface area (Å²) >= 11 is 0. The average Bonchev–Trinajstić information content (AvgIpc) is 3.00. The highest BCUT2D eigenvalue weighted by Crippen LogP contribution is 2.17. The molecule has 1 heterocycles. The number of ether oxygens (including phenoxy) is 1. The van der Waals surface area contributed by atoms with Crippen molar-refractivity contribution in [2.24, 2.45) is 0 Å². The van der Waals surface area contributed by atoms with Crippen molar-refractivity contribution in [1.82, 2.24) is 14.5 Å². The number of aromatic nitrogens is 2. The molecule has 7 nitrogen and oxygen atoms in total. The fourth-order valence-corrected chi connectivity index (χ4v) is 2.30. The molecule has 1 aromatic carbocycles. The molecule has 0 radical (unpaired) electrons. The predicted molar refractivity (Wildman–Crippen MR) is 95.6 cm³/mol. The zero-order valence-electron chi connectivity index (χ0n) is 15.6. The Morgan fingerprint density at radius 2 is 2.04 bits per heavy atom. The topological polar surface area (TPSA) is 76.5 Å². The highest BCUT2D eigenvalue weighted by molar-refractivity contribution is 5.96. The van der Waals surface area contributed by atoms with Crippen LogP contribution in [0.2, 0.25) is 0 Å². The van der Waals surface area contributed by atoms with Crippen LogP contribution in [0.5, 0.6) is 0 Å². The summed E-state index contributed by atoms with van der Waals surface area (Å²) < 4.78 is 31.7. The van der Waals surface area contributed by atoms with E-state index < -0.39 is 24.2 Å². The van der Waals surface area contributed by atoms with Gasteiger partial charge in [-0.05, 0) is 39.0 Å². The summed E-state index contributed by atoms with van der Waals surface area (Å²) in [5.74, 6) is -0.324. The van der Waals surface area contributed by atoms with Crippen molar-refractivity contribution in [1.29, 1.82) is 0 Å². The third-order valence-corrected chi connectivity index (χ3v) is 3.44. The van der Waals surface area contributed by atoms with Crippen molar-refractivity contribution in [3.63, 3.8) is 0 Å². The molecule has 0 atom stereocenters. The first kappa shape index (κ1) is 20.3. The van der Waals surface area contributed by atoms with Gasteiger partial charge in [0.2, 0.25) is 0 Å². The second kappa shape index (κ2) is 8.15. The molecule has 0 aliphatic rings. The van der Waals surface area contributed by atoms with Gasteiger partial charge in [-0.3, -0.25) is 14.7 Å². The molecule has 0 bridgehead atoms. The first-order valence-electron chi connectivity index (χ1n) is 8.22. The Labute approximate surface area is 155 Å². The van der Waals surface area contributed by atoms with Gasteiger partial charge in [-0.15, -0.1) is 0 Å². The first-order valence-corrected chi connectivity index (χ1v) is 8.22. The number of halogens is 2. The molecule has 2 amide bonds. The van der Waals surface area contributed by atoms with Crippen LogP contribution in [0.1, 0.15) is 43.5 Å². The molecular formula is C18H22F2N4O3. The number of hydrogen-bond acceptors (Lipinski definition) is 4. The van der Waals surface area contributed by atoms with Gasteiger partial charge in [0.1, 0.15) is 11.4 Å². The molecule has 0 aliphatic carbocycles. The van der Waals surface area contributed by atoms with Crippen molar-refractivity contribution >= 4 is 17.7 Å². The van der Waals surface area contributed by atoms with Crippen LogP contribution in [0, 0.1) is 0 Å². The lowest BCUT2D eigenvalue weighted by molar-refractivity contribution is 0.0612. The number of hydrogen-bond donors (Lipinski definition) is 1. The summed E-state index contributed by atoms with van der Waals surface area (Å²) in [5.41, 5.74) is 0.0310. The third-order valence-electron chi connectivity index (χ3n) is 3.44. The molecule has 146 valence electrons. The molecule has 2 rings (SSSR count). The first-order chi connectivity index (χ1) is 12.6. The van der Waals surface area contributed by atoms with Crippen LogP contribution in [-0.2, 0) is 11.3 Å². The van der Waals surface area contributed by atoms with E-state index in [0.717, 1.165) is 6.20 Å². The maximum Gasteiger partial charge on any atom is 0.412 e. The maximum atomic E-state index is 12.9. The largest absolute Gasteiger partial charge is 0.444 e. The maximum absolute atomic E-state index is 12.9. The summed E-state index contributed by atoms with van der Waals surface area (Å²) in [6, 6.07) is 6.28. The summed E-state index contributed by atoms with van der Waals surface area (Å²) in [6.07, 6.45) is 1.77. The number of imidazole rings is 1. The standard InChI is InChI=1S/C18H22F2N4O3/c1-18(2,3)27-17(26)22-13-7-5-6-12(10-13)15(25)23(4)11-14-21-8-9-24(14)16(19)20/h5-10,16H,11H2,1-4H3,(H,22,26). The smallest absolute Gasteiger partial charge is 0.412 e. The molecule has 2 aromatic rings. The van der Waals surface area contributed by atoms with E-state index in [-0.39, 0.29) is 12.4 Å². The Bertz CT molecular complexity index is 815. The number of anilines is 1. The fraction of sp³-hybridized carbons (Fsp3) is 0.389. The van der Waals surface area contributed by atoms with Crippen molar-refractivity contribution in [2.45, 2.75) is 39.5 Å². The molecule has 0 saturated carbocycles. The van der Waals surface area contributed by atoms with Gasteiger partial charge in [0.05, 0.1) is 6.54 Å². The highest BCUT2D eigenvalue weighted by Gasteiger charge is 2.19. The Morgan fingerprint density at radius 1 is 1.33 bits per heavy atom. The van der Waals surface area contributed by atoms with Gasteiger partial charge in [-0.25, -0.2) is 9.78 Å². The van der Waals surface area contributed by atoms with Crippen LogP contribution >= 0.6 is 0 Å². The third kappa shape index (κ3) is 5.77. The molecule has 27 heavy (non-hydrogen) atoms. The van der Waals surface area contributed by atoms with Crippen LogP contribution in [0.3, 0.4) is 0 Å². The molecule has 0 fully saturated rings. The monoisotopic (exact) mass is 380 g/mol. The van der Waals surface area contributed by atoms with Crippen molar-refractivity contribution in [2.75, 3.05) is 12.4 Å². The molecule has 1 N–H and O–H groups in total. The van der Waals surface area contributed by atoms with Crippen molar-refractivity contribution < 1.29 is 23.1 Å². The number of carbonyl (C=O) groups excluding carboxylic acids is 2. The summed E-state index contributed by atoms with van der Waals surface area (Å²) in [7, 11) is 1.49. The van der Waals surface area contributed by atoms with E-state index in [1.165, 1.54) is 24.2 Å². The number of rotatable bonds is 5. The zero-order valence-corrected chi connectivity index (χ0v) is 15.6. The van der Waals surface area contributed by atoms with Gasteiger partial charge in [0.25, 0.3) is 5.91 Å². The molecule has 0 saturated heterocycles. The second-order valence-electron chi connectivity index (χ2n) is 6.90. The predicted octanol–water partition coefficient (Wildman–Crippen LogP) is 3.90. The normalized spacial score (nSPS) is 11.4. The highest BCUT2D eigenvalue weighted by atomic mass is 19.3. The van der Waals surface area contributed by atoms with Crippen LogP contribution in [-0.4, -0.2) is 39.1 Å². The minimum atomic E-state index is -2.73. The Morgan fingerprint density at radius 3 is 2.67 bits per heavy atom. The van der Waals surface area contributed by atoms with Crippen LogP contribution in [0.25, 0.3) is 0 Å². The van der Waals surface area contributed by atoms with Gasteiger partial charge < -0.3 is 9.64 Å². The molecular weight excluding hydrogens is 358 g/mol. The molecule has 0 unspecified atom stereocenters. The Balaban J connectivity index is 2.07. The number of benzene rings is 1. The SMILES string of the molecule is CN(Cc1nccn1C(F)F)C(=O)c1cccc(NC(=O)OC(C)(C)C)c1. The summed E-state index contributed by atoms with van der Waals surface area (Å²) in [4.78, 5) is 29.6. The lowest BCUT2D eigenvalue weighted by Gasteiger charge is -2.20. The van der Waals surface area contributed by atoms with E-state index in [0.29, 0.717) is 15.8 Å². The second-order valence-corrected chi connectivity index (χ2v) is 6.90. The molecule has 9 heteroatoms. The van der Waals surface area contributed by atoms with Gasteiger partial charge in [-0.1, -0.05) is 6.07 Å². The van der Waals surface area contributed by atoms with Crippen LogP contribution in [0.15, 0.2) is 36.7 Å². The van der Waals surface area contributed by atoms with E-state index >= 15 is 0 Å². The fourth-order valence-electron chi connectivity index (χ4n) is 2.30. The number of nitrogens with zero attached hydrogens (tertiary/aromatic N) is 3. The van der Waals surface area contributed by atoms with E-state index in [4.69, 9.17) is 4.74 Å². The van der Waals surface area contributed by atoms with E-state index in [9.17, 15) is 18.4 Å². The number of carbonyl (C=O) groups is 2. The van der Waals surface area contributed by atoms with Crippen LogP contribution in [0.4, 0.5) is 19.3 Å². The number of nitrogens with one attached hydrogen (secondary N) is 1. The van der Waals surface area contributed by atoms with Gasteiger partial charge in [0, 0.05) is 30.7 Å². The minimum absolute atomic E-state index is 0.0730. The summed E-state index contributed by atoms with van der Waals surface area (Å²) in [6.45, 7) is 2.41. The number of amides is 2. The molecule has 0 aliphatic heterocycles.